The van der Waals surface area contributed by atoms with Gasteiger partial charge in [0.05, 0.1) is 11.2 Å². The van der Waals surface area contributed by atoms with Gasteiger partial charge < -0.3 is 14.2 Å². The van der Waals surface area contributed by atoms with Gasteiger partial charge in [-0.2, -0.15) is 0 Å². The van der Waals surface area contributed by atoms with E-state index in [1.165, 1.54) is 21.9 Å². The summed E-state index contributed by atoms with van der Waals surface area (Å²) in [5.74, 6) is 0. The Bertz CT molecular complexity index is 1530. The molecule has 1 aromatic heterocycles. The zero-order chi connectivity index (χ0) is 22.3. The normalized spacial score (nSPS) is 13.3. The van der Waals surface area contributed by atoms with Crippen LogP contribution in [0.1, 0.15) is 27.7 Å². The number of aliphatic hydroxyl groups is 1. The van der Waals surface area contributed by atoms with Gasteiger partial charge in [-0.15, -0.1) is 0 Å². The van der Waals surface area contributed by atoms with Crippen molar-refractivity contribution < 1.29 is 14.2 Å². The Hall–Kier alpha value is -3.08. The highest BCUT2D eigenvalue weighted by atomic mass is 16.5. The van der Waals surface area contributed by atoms with Crippen molar-refractivity contribution in [1.82, 2.24) is 0 Å². The van der Waals surface area contributed by atoms with Crippen molar-refractivity contribution in [1.29, 1.82) is 0 Å². The van der Waals surface area contributed by atoms with Gasteiger partial charge in [0, 0.05) is 16.3 Å². The second kappa shape index (κ2) is 6.47. The molecule has 3 nitrogen and oxygen atoms in total. The Kier molecular flexibility index (Phi) is 3.96. The minimum absolute atomic E-state index is 0.763. The minimum Gasteiger partial charge on any atom is -0.455 e. The maximum Gasteiger partial charge on any atom is 0.331 e. The van der Waals surface area contributed by atoms with E-state index in [0.717, 1.165) is 38.5 Å². The predicted molar refractivity (Wildman–Crippen MR) is 133 cm³/mol. The summed E-state index contributed by atoms with van der Waals surface area (Å²) in [4.78, 5) is 0. The summed E-state index contributed by atoms with van der Waals surface area (Å²) in [7, 11) is 1.78. The van der Waals surface area contributed by atoms with Crippen LogP contribution in [0.15, 0.2) is 71.1 Å². The van der Waals surface area contributed by atoms with Crippen molar-refractivity contribution in [3.8, 4) is 22.3 Å². The lowest BCUT2D eigenvalue weighted by Crippen LogP contribution is -2.49. The fraction of sp³-hybridized carbons (Fsp3) is 0.214. The van der Waals surface area contributed by atoms with Crippen LogP contribution in [0.4, 0.5) is 0 Å². The van der Waals surface area contributed by atoms with E-state index in [2.05, 4.69) is 48.5 Å². The molecule has 0 unspecified atom stereocenters. The largest absolute Gasteiger partial charge is 0.455 e. The molecule has 0 atom stereocenters. The Balaban J connectivity index is 1.65. The predicted octanol–water partition coefficient (Wildman–Crippen LogP) is 6.20. The van der Waals surface area contributed by atoms with Gasteiger partial charge in [0.15, 0.2) is 0 Å². The summed E-state index contributed by atoms with van der Waals surface area (Å²) in [6.07, 6.45) is 0. The van der Waals surface area contributed by atoms with Gasteiger partial charge in [0.2, 0.25) is 0 Å². The monoisotopic (exact) mass is 419 g/mol. The van der Waals surface area contributed by atoms with Gasteiger partial charge in [0.1, 0.15) is 11.2 Å². The molecule has 1 heterocycles. The lowest BCUT2D eigenvalue weighted by Gasteiger charge is -2.37. The molecule has 1 aliphatic rings. The fourth-order valence-electron chi connectivity index (χ4n) is 4.63. The molecule has 32 heavy (non-hydrogen) atoms. The van der Waals surface area contributed by atoms with Crippen molar-refractivity contribution in [3.05, 3.63) is 66.7 Å². The van der Waals surface area contributed by atoms with E-state index in [-0.39, 0.29) is 0 Å². The molecule has 5 aromatic rings. The van der Waals surface area contributed by atoms with E-state index in [4.69, 9.17) is 9.07 Å². The van der Waals surface area contributed by atoms with Gasteiger partial charge in [-0.3, -0.25) is 0 Å². The van der Waals surface area contributed by atoms with Crippen LogP contribution >= 0.6 is 0 Å². The molecule has 0 fully saturated rings. The summed E-state index contributed by atoms with van der Waals surface area (Å²) < 4.78 is 12.7. The highest BCUT2D eigenvalue weighted by Crippen LogP contribution is 2.50. The maximum atomic E-state index is 10.6. The molecule has 1 radical (unpaired) electrons. The summed E-state index contributed by atoms with van der Waals surface area (Å²) >= 11 is 0. The van der Waals surface area contributed by atoms with Crippen LogP contribution in [0.25, 0.3) is 55.0 Å². The molecule has 0 spiro atoms. The second-order valence-electron chi connectivity index (χ2n) is 9.70. The molecule has 4 heteroatoms. The van der Waals surface area contributed by atoms with E-state index in [9.17, 15) is 5.11 Å². The molecule has 0 saturated carbocycles. The van der Waals surface area contributed by atoms with Crippen molar-refractivity contribution in [2.24, 2.45) is 0 Å². The summed E-state index contributed by atoms with van der Waals surface area (Å²) in [5.41, 5.74) is 5.64. The molecule has 0 bridgehead atoms. The summed E-state index contributed by atoms with van der Waals surface area (Å²) in [6.45, 7) is 7.34. The third-order valence-corrected chi connectivity index (χ3v) is 7.10. The standard InChI is InChI=1S/C28H24BO3/c1-27(2,30)28(3,4)32-29-21-15-20-17-12-7-9-16-10-8-13-19(23(16)17)24(20)26-25(21)18-11-5-6-14-22(18)31-26/h5-15,30H,1-4H3. The van der Waals surface area contributed by atoms with Crippen molar-refractivity contribution in [3.63, 3.8) is 0 Å². The zero-order valence-corrected chi connectivity index (χ0v) is 18.7. The Morgan fingerprint density at radius 2 is 1.53 bits per heavy atom. The highest BCUT2D eigenvalue weighted by Gasteiger charge is 2.36. The van der Waals surface area contributed by atoms with E-state index >= 15 is 0 Å². The van der Waals surface area contributed by atoms with E-state index in [1.807, 2.05) is 32.0 Å². The third-order valence-electron chi connectivity index (χ3n) is 7.10. The number of furan rings is 1. The van der Waals surface area contributed by atoms with Crippen LogP contribution in [0.2, 0.25) is 0 Å². The molecule has 1 aliphatic carbocycles. The molecule has 6 rings (SSSR count). The van der Waals surface area contributed by atoms with Crippen molar-refractivity contribution >= 4 is 45.7 Å². The molecule has 1 N–H and O–H groups in total. The Morgan fingerprint density at radius 3 is 2.28 bits per heavy atom. The molecule has 0 amide bonds. The van der Waals surface area contributed by atoms with Crippen LogP contribution in [-0.2, 0) is 4.65 Å². The minimum atomic E-state index is -1.00. The smallest absolute Gasteiger partial charge is 0.331 e. The van der Waals surface area contributed by atoms with Gasteiger partial charge in [0.25, 0.3) is 0 Å². The first-order valence-corrected chi connectivity index (χ1v) is 11.0. The second-order valence-corrected chi connectivity index (χ2v) is 9.70. The van der Waals surface area contributed by atoms with Gasteiger partial charge in [-0.1, -0.05) is 60.7 Å². The van der Waals surface area contributed by atoms with E-state index < -0.39 is 11.2 Å². The molecule has 0 saturated heterocycles. The van der Waals surface area contributed by atoms with Crippen LogP contribution in [-0.4, -0.2) is 23.8 Å². The third kappa shape index (κ3) is 2.63. The maximum absolute atomic E-state index is 10.6. The quantitative estimate of drug-likeness (QED) is 0.346. The average molecular weight is 419 g/mol. The summed E-state index contributed by atoms with van der Waals surface area (Å²) in [6, 6.07) is 23.2. The highest BCUT2D eigenvalue weighted by molar-refractivity contribution is 6.54. The lowest BCUT2D eigenvalue weighted by atomic mass is 9.78. The molecule has 0 aliphatic heterocycles. The average Bonchev–Trinajstić information content (AvgIpc) is 3.29. The number of hydrogen-bond acceptors (Lipinski definition) is 3. The lowest BCUT2D eigenvalue weighted by molar-refractivity contribution is -0.0893. The molecular weight excluding hydrogens is 395 g/mol. The summed E-state index contributed by atoms with van der Waals surface area (Å²) in [5, 5.41) is 15.2. The van der Waals surface area contributed by atoms with E-state index in [0.29, 0.717) is 0 Å². The SMILES string of the molecule is CC(C)(O)C(C)(C)O[B]c1cc2c(c3oc4ccccc4c13)-c1cccc3cccc-2c13. The number of para-hydroxylation sites is 1. The first kappa shape index (κ1) is 19.6. The van der Waals surface area contributed by atoms with Crippen molar-refractivity contribution in [2.75, 3.05) is 0 Å². The first-order valence-electron chi connectivity index (χ1n) is 11.0. The fourth-order valence-corrected chi connectivity index (χ4v) is 4.63. The van der Waals surface area contributed by atoms with Gasteiger partial charge in [-0.25, -0.2) is 0 Å². The number of rotatable bonds is 4. The van der Waals surface area contributed by atoms with Crippen LogP contribution in [0, 0.1) is 0 Å². The molecule has 4 aromatic carbocycles. The van der Waals surface area contributed by atoms with Crippen LogP contribution in [0.3, 0.4) is 0 Å². The number of hydrogen-bond donors (Lipinski definition) is 1. The van der Waals surface area contributed by atoms with Crippen LogP contribution in [0.5, 0.6) is 0 Å². The molecule has 157 valence electrons. The van der Waals surface area contributed by atoms with Crippen molar-refractivity contribution in [2.45, 2.75) is 38.9 Å². The Labute approximate surface area is 187 Å². The molecular formula is C28H24BO3. The van der Waals surface area contributed by atoms with Gasteiger partial charge in [-0.05, 0) is 66.7 Å². The number of fused-ring (bicyclic) bond motifs is 7. The Morgan fingerprint density at radius 1 is 0.812 bits per heavy atom. The first-order chi connectivity index (χ1) is 15.3. The number of benzene rings is 4. The van der Waals surface area contributed by atoms with E-state index in [1.54, 1.807) is 21.3 Å². The zero-order valence-electron chi connectivity index (χ0n) is 18.7. The van der Waals surface area contributed by atoms with Crippen LogP contribution < -0.4 is 5.46 Å². The van der Waals surface area contributed by atoms with Gasteiger partial charge >= 0.3 is 7.48 Å². The topological polar surface area (TPSA) is 42.6 Å².